The van der Waals surface area contributed by atoms with Crippen molar-refractivity contribution in [3.8, 4) is 23.1 Å². The first kappa shape index (κ1) is 31.6. The fourth-order valence-corrected chi connectivity index (χ4v) is 5.62. The molecular weight excluding hydrogens is 640 g/mol. The van der Waals surface area contributed by atoms with Crippen molar-refractivity contribution < 1.29 is 45.0 Å². The molecule has 220 valence electrons. The molecule has 43 heavy (non-hydrogen) atoms. The molecule has 0 saturated carbocycles. The van der Waals surface area contributed by atoms with Crippen LogP contribution in [0, 0.1) is 23.0 Å². The molecule has 0 spiro atoms. The third kappa shape index (κ3) is 7.19. The van der Waals surface area contributed by atoms with Crippen molar-refractivity contribution in [2.45, 2.75) is 38.5 Å². The van der Waals surface area contributed by atoms with E-state index < -0.39 is 29.1 Å². The molecule has 0 aliphatic carbocycles. The number of ether oxygens (including phenoxy) is 1. The van der Waals surface area contributed by atoms with Crippen LogP contribution in [0.5, 0.6) is 5.75 Å². The van der Waals surface area contributed by atoms with Crippen molar-refractivity contribution >= 4 is 17.3 Å². The van der Waals surface area contributed by atoms with Gasteiger partial charge in [0.2, 0.25) is 6.33 Å². The first-order valence-corrected chi connectivity index (χ1v) is 13.9. The van der Waals surface area contributed by atoms with Gasteiger partial charge in [0.05, 0.1) is 28.9 Å². The molecule has 2 aromatic heterocycles. The standard InChI is InChI=1S/C31H26F2N5O3S.BrH/c1-20(30-36-29(16-42-30)24-7-3-22(14-34)4-8-24)31(40,27-12-9-25(32)13-28(27)33)17-38-19-37(18-35-38)15-23-5-10-26(11-6-23)41-21(2)39;/h3-13,16,18-20,40H,15,17H2,1-2H3;1H/q+1;/p-1/t20-,31+;/m0./s1. The lowest BCUT2D eigenvalue weighted by Crippen LogP contribution is -3.00. The largest absolute Gasteiger partial charge is 1.00 e. The van der Waals surface area contributed by atoms with Gasteiger partial charge in [0, 0.05) is 40.5 Å². The van der Waals surface area contributed by atoms with Crippen LogP contribution in [0.3, 0.4) is 0 Å². The van der Waals surface area contributed by atoms with Gasteiger partial charge in [-0.1, -0.05) is 37.3 Å². The molecular formula is C31H26BrF2N5O3S. The Balaban J connectivity index is 0.00000423. The van der Waals surface area contributed by atoms with Crippen LogP contribution in [0.2, 0.25) is 0 Å². The van der Waals surface area contributed by atoms with Crippen molar-refractivity contribution in [1.29, 1.82) is 5.26 Å². The van der Waals surface area contributed by atoms with Gasteiger partial charge < -0.3 is 26.8 Å². The number of rotatable bonds is 9. The second-order valence-electron chi connectivity index (χ2n) is 9.88. The van der Waals surface area contributed by atoms with E-state index in [2.05, 4.69) is 11.2 Å². The average Bonchev–Trinajstić information content (AvgIpc) is 3.63. The maximum Gasteiger partial charge on any atom is 0.308 e. The highest BCUT2D eigenvalue weighted by Gasteiger charge is 2.43. The number of carbonyl (C=O) groups excluding carboxylic acids is 1. The van der Waals surface area contributed by atoms with Gasteiger partial charge >= 0.3 is 5.97 Å². The summed E-state index contributed by atoms with van der Waals surface area (Å²) < 4.78 is 37.4. The Morgan fingerprint density at radius 3 is 2.53 bits per heavy atom. The van der Waals surface area contributed by atoms with E-state index in [4.69, 9.17) is 15.0 Å². The number of benzene rings is 3. The Morgan fingerprint density at radius 2 is 1.88 bits per heavy atom. The fourth-order valence-electron chi connectivity index (χ4n) is 4.65. The number of nitriles is 1. The van der Waals surface area contributed by atoms with E-state index in [-0.39, 0.29) is 29.1 Å². The van der Waals surface area contributed by atoms with Gasteiger partial charge in [0.15, 0.2) is 0 Å². The number of esters is 1. The lowest BCUT2D eigenvalue weighted by molar-refractivity contribution is -0.689. The summed E-state index contributed by atoms with van der Waals surface area (Å²) in [6.45, 7) is 3.38. The fraction of sp³-hybridized carbons (Fsp3) is 0.194. The summed E-state index contributed by atoms with van der Waals surface area (Å²) in [6.07, 6.45) is 3.27. The molecule has 0 unspecified atom stereocenters. The van der Waals surface area contributed by atoms with E-state index in [0.717, 1.165) is 23.3 Å². The molecule has 5 rings (SSSR count). The van der Waals surface area contributed by atoms with Gasteiger partial charge in [-0.3, -0.25) is 4.79 Å². The van der Waals surface area contributed by atoms with Gasteiger partial charge in [-0.25, -0.2) is 18.3 Å². The van der Waals surface area contributed by atoms with Crippen LogP contribution >= 0.6 is 11.3 Å². The molecule has 0 saturated heterocycles. The highest BCUT2D eigenvalue weighted by Crippen LogP contribution is 2.41. The predicted molar refractivity (Wildman–Crippen MR) is 150 cm³/mol. The Bertz CT molecular complexity index is 1770. The summed E-state index contributed by atoms with van der Waals surface area (Å²) >= 11 is 1.32. The zero-order chi connectivity index (χ0) is 29.9. The molecule has 0 fully saturated rings. The Kier molecular flexibility index (Phi) is 9.80. The van der Waals surface area contributed by atoms with E-state index in [1.807, 2.05) is 17.5 Å². The van der Waals surface area contributed by atoms with Crippen molar-refractivity contribution in [2.24, 2.45) is 0 Å². The number of thiazole rings is 1. The Labute approximate surface area is 261 Å². The second kappa shape index (κ2) is 13.3. The predicted octanol–water partition coefficient (Wildman–Crippen LogP) is 2.11. The van der Waals surface area contributed by atoms with Crippen LogP contribution in [0.15, 0.2) is 84.8 Å². The summed E-state index contributed by atoms with van der Waals surface area (Å²) in [7, 11) is 0. The van der Waals surface area contributed by atoms with Gasteiger partial charge in [0.25, 0.3) is 6.33 Å². The van der Waals surface area contributed by atoms with Crippen molar-refractivity contribution in [3.05, 3.63) is 118 Å². The van der Waals surface area contributed by atoms with E-state index >= 15 is 4.39 Å². The topological polar surface area (TPSA) is 105 Å². The summed E-state index contributed by atoms with van der Waals surface area (Å²) in [6, 6.07) is 19.2. The number of hydrogen-bond donors (Lipinski definition) is 1. The van der Waals surface area contributed by atoms with Crippen molar-refractivity contribution in [3.63, 3.8) is 0 Å². The maximum absolute atomic E-state index is 15.2. The number of hydrogen-bond acceptors (Lipinski definition) is 7. The first-order valence-electron chi connectivity index (χ1n) is 13.0. The van der Waals surface area contributed by atoms with Crippen LogP contribution in [0.4, 0.5) is 8.78 Å². The quantitative estimate of drug-likeness (QED) is 0.147. The smallest absolute Gasteiger partial charge is 0.308 e. The van der Waals surface area contributed by atoms with Crippen LogP contribution in [0.25, 0.3) is 11.3 Å². The van der Waals surface area contributed by atoms with E-state index in [9.17, 15) is 14.3 Å². The number of halogens is 3. The molecule has 0 amide bonds. The number of aromatic nitrogens is 4. The third-order valence-corrected chi connectivity index (χ3v) is 7.93. The van der Waals surface area contributed by atoms with E-state index in [1.165, 1.54) is 29.0 Å². The number of aliphatic hydroxyl groups is 1. The zero-order valence-electron chi connectivity index (χ0n) is 23.1. The minimum atomic E-state index is -1.84. The van der Waals surface area contributed by atoms with Gasteiger partial charge in [-0.15, -0.1) is 16.0 Å². The molecule has 5 aromatic rings. The molecule has 0 radical (unpaired) electrons. The van der Waals surface area contributed by atoms with Gasteiger partial charge in [0.1, 0.15) is 29.5 Å². The minimum Gasteiger partial charge on any atom is -1.00 e. The minimum absolute atomic E-state index is 0. The summed E-state index contributed by atoms with van der Waals surface area (Å²) in [5, 5.41) is 28.0. The zero-order valence-corrected chi connectivity index (χ0v) is 25.5. The van der Waals surface area contributed by atoms with Crippen LogP contribution in [-0.2, 0) is 23.5 Å². The normalized spacial score (nSPS) is 12.9. The van der Waals surface area contributed by atoms with Crippen LogP contribution in [-0.4, -0.2) is 25.8 Å². The molecule has 0 aliphatic rings. The lowest BCUT2D eigenvalue weighted by Gasteiger charge is -2.32. The Morgan fingerprint density at radius 1 is 1.16 bits per heavy atom. The van der Waals surface area contributed by atoms with Crippen molar-refractivity contribution in [2.75, 3.05) is 0 Å². The van der Waals surface area contributed by atoms with E-state index in [1.54, 1.807) is 60.5 Å². The highest BCUT2D eigenvalue weighted by molar-refractivity contribution is 7.10. The molecule has 2 atom stereocenters. The highest BCUT2D eigenvalue weighted by atomic mass is 79.9. The summed E-state index contributed by atoms with van der Waals surface area (Å²) in [5.41, 5.74) is 0.988. The molecule has 3 aromatic carbocycles. The van der Waals surface area contributed by atoms with Gasteiger partial charge in [-0.05, 0) is 35.9 Å². The molecule has 12 heteroatoms. The van der Waals surface area contributed by atoms with E-state index in [0.29, 0.717) is 28.6 Å². The van der Waals surface area contributed by atoms with Crippen LogP contribution < -0.4 is 26.3 Å². The third-order valence-electron chi connectivity index (χ3n) is 6.90. The number of carbonyl (C=O) groups is 1. The van der Waals surface area contributed by atoms with Gasteiger partial charge in [-0.2, -0.15) is 5.26 Å². The summed E-state index contributed by atoms with van der Waals surface area (Å²) in [5.74, 6) is -2.29. The molecule has 0 bridgehead atoms. The average molecular weight is 667 g/mol. The molecule has 2 heterocycles. The lowest BCUT2D eigenvalue weighted by atomic mass is 9.82. The molecule has 8 nitrogen and oxygen atoms in total. The van der Waals surface area contributed by atoms with Crippen LogP contribution in [0.1, 0.15) is 41.5 Å². The first-order chi connectivity index (χ1) is 20.1. The SMILES string of the molecule is CC(=O)Oc1ccc(C[n+]2cnn(C[C@](O)(c3ccc(F)cc3F)[C@@H](C)c3nc(-c4ccc(C#N)cc4)cs3)c2)cc1.[Br-]. The monoisotopic (exact) mass is 665 g/mol. The molecule has 0 aliphatic heterocycles. The van der Waals surface area contributed by atoms with Crippen molar-refractivity contribution in [1.82, 2.24) is 14.8 Å². The maximum atomic E-state index is 15.2. The Hall–Kier alpha value is -4.31. The number of nitrogens with zero attached hydrogens (tertiary/aromatic N) is 5. The molecule has 1 N–H and O–H groups in total. The summed E-state index contributed by atoms with van der Waals surface area (Å²) in [4.78, 5) is 15.9. The second-order valence-corrected chi connectivity index (χ2v) is 10.8.